The molecule has 0 aliphatic heterocycles. The smallest absolute Gasteiger partial charge is 0.292 e. The summed E-state index contributed by atoms with van der Waals surface area (Å²) in [4.78, 5) is 22.2. The molecule has 0 unspecified atom stereocenters. The van der Waals surface area contributed by atoms with Crippen LogP contribution in [-0.2, 0) is 0 Å². The summed E-state index contributed by atoms with van der Waals surface area (Å²) in [6.07, 6.45) is 0. The molecule has 2 aromatic rings. The van der Waals surface area contributed by atoms with E-state index in [1.54, 1.807) is 6.92 Å². The topological polar surface area (TPSA) is 98.3 Å². The Morgan fingerprint density at radius 2 is 2.00 bits per heavy atom. The molecule has 21 heavy (non-hydrogen) atoms. The number of nitrogens with one attached hydrogen (secondary N) is 1. The molecule has 0 radical (unpaired) electrons. The van der Waals surface area contributed by atoms with E-state index in [1.165, 1.54) is 30.3 Å². The minimum atomic E-state index is -0.657. The summed E-state index contributed by atoms with van der Waals surface area (Å²) < 4.78 is 13.0. The highest BCUT2D eigenvalue weighted by Gasteiger charge is 2.16. The fourth-order valence-corrected chi connectivity index (χ4v) is 1.80. The number of nitrogens with two attached hydrogens (primary N) is 1. The highest BCUT2D eigenvalue weighted by atomic mass is 19.1. The number of carbonyl (C=O) groups is 1. The summed E-state index contributed by atoms with van der Waals surface area (Å²) in [5.74, 6) is -0.943. The van der Waals surface area contributed by atoms with E-state index in [2.05, 4.69) is 5.32 Å². The molecule has 7 heteroatoms. The first kappa shape index (κ1) is 14.4. The minimum absolute atomic E-state index is 0.0190. The van der Waals surface area contributed by atoms with Crippen molar-refractivity contribution in [3.63, 3.8) is 0 Å². The summed E-state index contributed by atoms with van der Waals surface area (Å²) >= 11 is 0. The number of carbonyl (C=O) groups excluding carboxylic acids is 1. The summed E-state index contributed by atoms with van der Waals surface area (Å²) in [6, 6.07) is 7.70. The molecular weight excluding hydrogens is 277 g/mol. The van der Waals surface area contributed by atoms with Crippen LogP contribution in [0.4, 0.5) is 21.5 Å². The van der Waals surface area contributed by atoms with Crippen LogP contribution in [0.25, 0.3) is 0 Å². The average molecular weight is 289 g/mol. The van der Waals surface area contributed by atoms with Crippen LogP contribution in [-0.4, -0.2) is 10.8 Å². The molecule has 1 amide bonds. The van der Waals surface area contributed by atoms with Crippen molar-refractivity contribution < 1.29 is 14.1 Å². The van der Waals surface area contributed by atoms with Crippen LogP contribution in [0.3, 0.4) is 0 Å². The van der Waals surface area contributed by atoms with Crippen molar-refractivity contribution in [2.75, 3.05) is 11.1 Å². The van der Waals surface area contributed by atoms with Crippen molar-refractivity contribution in [3.8, 4) is 0 Å². The van der Waals surface area contributed by atoms with Crippen LogP contribution in [0.2, 0.25) is 0 Å². The van der Waals surface area contributed by atoms with E-state index >= 15 is 0 Å². The third-order valence-corrected chi connectivity index (χ3v) is 2.93. The second-order valence-electron chi connectivity index (χ2n) is 4.44. The zero-order chi connectivity index (χ0) is 15.6. The Hall–Kier alpha value is -2.96. The first-order valence-corrected chi connectivity index (χ1v) is 6.00. The van der Waals surface area contributed by atoms with Crippen molar-refractivity contribution in [1.82, 2.24) is 0 Å². The largest absolute Gasteiger partial charge is 0.393 e. The lowest BCUT2D eigenvalue weighted by Gasteiger charge is -2.08. The fourth-order valence-electron chi connectivity index (χ4n) is 1.80. The molecule has 3 N–H and O–H groups in total. The molecule has 0 spiro atoms. The Morgan fingerprint density at radius 3 is 2.62 bits per heavy atom. The number of benzene rings is 2. The third-order valence-electron chi connectivity index (χ3n) is 2.93. The maximum absolute atomic E-state index is 13.0. The number of nitrogen functional groups attached to an aromatic ring is 1. The summed E-state index contributed by atoms with van der Waals surface area (Å²) in [6.45, 7) is 1.64. The first-order chi connectivity index (χ1) is 9.88. The van der Waals surface area contributed by atoms with Gasteiger partial charge in [-0.2, -0.15) is 0 Å². The Morgan fingerprint density at radius 1 is 1.29 bits per heavy atom. The zero-order valence-corrected chi connectivity index (χ0v) is 11.1. The van der Waals surface area contributed by atoms with E-state index in [4.69, 9.17) is 5.73 Å². The number of rotatable bonds is 3. The first-order valence-electron chi connectivity index (χ1n) is 6.00. The van der Waals surface area contributed by atoms with Gasteiger partial charge in [-0.15, -0.1) is 0 Å². The molecule has 0 fully saturated rings. The van der Waals surface area contributed by atoms with E-state index in [0.717, 1.165) is 6.07 Å². The van der Waals surface area contributed by atoms with Gasteiger partial charge in [0.15, 0.2) is 0 Å². The third kappa shape index (κ3) is 3.14. The number of halogens is 1. The number of amides is 1. The van der Waals surface area contributed by atoms with Gasteiger partial charge in [-0.25, -0.2) is 4.39 Å². The quantitative estimate of drug-likeness (QED) is 0.515. The Labute approximate surface area is 119 Å². The molecule has 0 aromatic heterocycles. The van der Waals surface area contributed by atoms with E-state index in [9.17, 15) is 19.3 Å². The van der Waals surface area contributed by atoms with E-state index < -0.39 is 16.6 Å². The van der Waals surface area contributed by atoms with Crippen molar-refractivity contribution >= 4 is 23.0 Å². The molecule has 0 aliphatic carbocycles. The Kier molecular flexibility index (Phi) is 3.84. The van der Waals surface area contributed by atoms with Crippen molar-refractivity contribution in [2.45, 2.75) is 6.92 Å². The van der Waals surface area contributed by atoms with Gasteiger partial charge >= 0.3 is 0 Å². The van der Waals surface area contributed by atoms with Gasteiger partial charge in [0, 0.05) is 17.3 Å². The molecule has 2 aromatic carbocycles. The van der Waals surface area contributed by atoms with E-state index in [1.807, 2.05) is 0 Å². The van der Waals surface area contributed by atoms with E-state index in [-0.39, 0.29) is 16.9 Å². The maximum Gasteiger partial charge on any atom is 0.292 e. The van der Waals surface area contributed by atoms with Gasteiger partial charge in [-0.05, 0) is 42.8 Å². The summed E-state index contributed by atoms with van der Waals surface area (Å²) in [7, 11) is 0. The van der Waals surface area contributed by atoms with Crippen molar-refractivity contribution in [1.29, 1.82) is 0 Å². The maximum atomic E-state index is 13.0. The molecule has 0 aliphatic rings. The molecular formula is C14H12FN3O3. The van der Waals surface area contributed by atoms with Crippen LogP contribution in [0.1, 0.15) is 15.9 Å². The summed E-state index contributed by atoms with van der Waals surface area (Å²) in [5.41, 5.74) is 6.19. The van der Waals surface area contributed by atoms with Gasteiger partial charge < -0.3 is 11.1 Å². The molecule has 0 bridgehead atoms. The number of hydrogen-bond acceptors (Lipinski definition) is 4. The molecule has 0 heterocycles. The number of nitrogens with zero attached hydrogens (tertiary/aromatic N) is 1. The van der Waals surface area contributed by atoms with E-state index in [0.29, 0.717) is 11.3 Å². The van der Waals surface area contributed by atoms with Crippen LogP contribution >= 0.6 is 0 Å². The van der Waals surface area contributed by atoms with Gasteiger partial charge in [0.1, 0.15) is 11.5 Å². The molecule has 108 valence electrons. The predicted molar refractivity (Wildman–Crippen MR) is 76.6 cm³/mol. The van der Waals surface area contributed by atoms with Crippen LogP contribution in [0, 0.1) is 22.9 Å². The van der Waals surface area contributed by atoms with Crippen LogP contribution < -0.4 is 11.1 Å². The second-order valence-corrected chi connectivity index (χ2v) is 4.44. The normalized spacial score (nSPS) is 10.2. The van der Waals surface area contributed by atoms with Crippen molar-refractivity contribution in [3.05, 3.63) is 63.5 Å². The number of anilines is 2. The number of nitro groups is 1. The summed E-state index contributed by atoms with van der Waals surface area (Å²) in [5, 5.41) is 13.4. The SMILES string of the molecule is Cc1cc(F)ccc1NC(=O)c1ccc(N)c([N+](=O)[O-])c1. The van der Waals surface area contributed by atoms with Gasteiger partial charge in [0.25, 0.3) is 11.6 Å². The lowest BCUT2D eigenvalue weighted by Crippen LogP contribution is -2.13. The minimum Gasteiger partial charge on any atom is -0.393 e. The Balaban J connectivity index is 2.28. The molecule has 2 rings (SSSR count). The van der Waals surface area contributed by atoms with Crippen molar-refractivity contribution in [2.24, 2.45) is 0 Å². The number of nitro benzene ring substituents is 1. The molecule has 0 saturated heterocycles. The van der Waals surface area contributed by atoms with Gasteiger partial charge in [-0.1, -0.05) is 0 Å². The molecule has 6 nitrogen and oxygen atoms in total. The second kappa shape index (κ2) is 5.58. The lowest BCUT2D eigenvalue weighted by molar-refractivity contribution is -0.383. The standard InChI is InChI=1S/C14H12FN3O3/c1-8-6-10(15)3-5-12(8)17-14(19)9-2-4-11(16)13(7-9)18(20)21/h2-7H,16H2,1H3,(H,17,19). The number of hydrogen-bond donors (Lipinski definition) is 2. The van der Waals surface area contributed by atoms with Gasteiger partial charge in [0.2, 0.25) is 0 Å². The Bertz CT molecular complexity index is 731. The number of aryl methyl sites for hydroxylation is 1. The van der Waals surface area contributed by atoms with Gasteiger partial charge in [-0.3, -0.25) is 14.9 Å². The highest BCUT2D eigenvalue weighted by molar-refractivity contribution is 6.05. The fraction of sp³-hybridized carbons (Fsp3) is 0.0714. The monoisotopic (exact) mass is 289 g/mol. The zero-order valence-electron chi connectivity index (χ0n) is 11.1. The molecule has 0 atom stereocenters. The highest BCUT2D eigenvalue weighted by Crippen LogP contribution is 2.23. The van der Waals surface area contributed by atoms with Gasteiger partial charge in [0.05, 0.1) is 4.92 Å². The molecule has 0 saturated carbocycles. The average Bonchev–Trinajstić information content (AvgIpc) is 2.42. The van der Waals surface area contributed by atoms with Crippen LogP contribution in [0.5, 0.6) is 0 Å². The van der Waals surface area contributed by atoms with Crippen LogP contribution in [0.15, 0.2) is 36.4 Å². The predicted octanol–water partition coefficient (Wildman–Crippen LogP) is 2.88. The lowest BCUT2D eigenvalue weighted by atomic mass is 10.1.